The van der Waals surface area contributed by atoms with Crippen LogP contribution in [0.3, 0.4) is 0 Å². The predicted octanol–water partition coefficient (Wildman–Crippen LogP) is 2.50. The zero-order valence-electron chi connectivity index (χ0n) is 14.8. The van der Waals surface area contributed by atoms with Crippen LogP contribution in [0.4, 0.5) is 11.8 Å². The Bertz CT molecular complexity index is 676. The molecule has 1 unspecified atom stereocenters. The van der Waals surface area contributed by atoms with E-state index in [-0.39, 0.29) is 6.10 Å². The highest BCUT2D eigenvalue weighted by Crippen LogP contribution is 2.16. The van der Waals surface area contributed by atoms with Gasteiger partial charge >= 0.3 is 0 Å². The highest BCUT2D eigenvalue weighted by atomic mass is 16.5. The molecule has 3 heterocycles. The van der Waals surface area contributed by atoms with Gasteiger partial charge in [-0.15, -0.1) is 0 Å². The molecule has 3 rings (SSSR count). The molecule has 0 spiro atoms. The Morgan fingerprint density at radius 3 is 2.84 bits per heavy atom. The summed E-state index contributed by atoms with van der Waals surface area (Å²) < 4.78 is 11.2. The first kappa shape index (κ1) is 17.4. The van der Waals surface area contributed by atoms with Crippen LogP contribution in [-0.2, 0) is 11.3 Å². The Balaban J connectivity index is 1.60. The average molecular weight is 343 g/mol. The van der Waals surface area contributed by atoms with Gasteiger partial charge in [0.1, 0.15) is 5.82 Å². The summed E-state index contributed by atoms with van der Waals surface area (Å²) in [6, 6.07) is 5.84. The van der Waals surface area contributed by atoms with Crippen molar-refractivity contribution in [2.45, 2.75) is 32.9 Å². The number of pyridine rings is 1. The highest BCUT2D eigenvalue weighted by molar-refractivity contribution is 5.43. The molecule has 2 aromatic rings. The van der Waals surface area contributed by atoms with Crippen molar-refractivity contribution < 1.29 is 9.47 Å². The number of nitrogens with one attached hydrogen (secondary N) is 1. The quantitative estimate of drug-likeness (QED) is 0.828. The SMILES string of the molecule is CCC(C)Oc1cc(CNc2nccc(N3CCOCC3)n2)ccn1. The molecule has 2 aromatic heterocycles. The van der Waals surface area contributed by atoms with E-state index in [1.165, 1.54) is 0 Å². The van der Waals surface area contributed by atoms with E-state index in [2.05, 4.69) is 32.1 Å². The van der Waals surface area contributed by atoms with Crippen molar-refractivity contribution in [3.63, 3.8) is 0 Å². The lowest BCUT2D eigenvalue weighted by molar-refractivity contribution is 0.122. The van der Waals surface area contributed by atoms with E-state index in [0.717, 1.165) is 44.1 Å². The lowest BCUT2D eigenvalue weighted by Gasteiger charge is -2.27. The maximum Gasteiger partial charge on any atom is 0.224 e. The number of morpholine rings is 1. The summed E-state index contributed by atoms with van der Waals surface area (Å²) in [6.45, 7) is 7.94. The molecule has 0 amide bonds. The van der Waals surface area contributed by atoms with E-state index in [1.54, 1.807) is 12.4 Å². The number of anilines is 2. The van der Waals surface area contributed by atoms with E-state index >= 15 is 0 Å². The van der Waals surface area contributed by atoms with E-state index in [1.807, 2.05) is 25.1 Å². The molecular weight excluding hydrogens is 318 g/mol. The van der Waals surface area contributed by atoms with E-state index in [9.17, 15) is 0 Å². The Kier molecular flexibility index (Phi) is 6.00. The van der Waals surface area contributed by atoms with Crippen LogP contribution in [0.1, 0.15) is 25.8 Å². The molecule has 7 nitrogen and oxygen atoms in total. The molecule has 0 aliphatic carbocycles. The Hall–Kier alpha value is -2.41. The second kappa shape index (κ2) is 8.62. The number of hydrogen-bond acceptors (Lipinski definition) is 7. The number of nitrogens with zero attached hydrogens (tertiary/aromatic N) is 4. The largest absolute Gasteiger partial charge is 0.475 e. The van der Waals surface area contributed by atoms with Crippen molar-refractivity contribution in [1.29, 1.82) is 0 Å². The van der Waals surface area contributed by atoms with E-state index in [4.69, 9.17) is 9.47 Å². The summed E-state index contributed by atoms with van der Waals surface area (Å²) in [7, 11) is 0. The van der Waals surface area contributed by atoms with Crippen molar-refractivity contribution in [1.82, 2.24) is 15.0 Å². The minimum Gasteiger partial charge on any atom is -0.475 e. The zero-order valence-corrected chi connectivity index (χ0v) is 14.8. The van der Waals surface area contributed by atoms with Gasteiger partial charge in [0.15, 0.2) is 0 Å². The molecule has 0 radical (unpaired) electrons. The van der Waals surface area contributed by atoms with Gasteiger partial charge in [0.25, 0.3) is 0 Å². The fraction of sp³-hybridized carbons (Fsp3) is 0.500. The molecule has 1 aliphatic heterocycles. The summed E-state index contributed by atoms with van der Waals surface area (Å²) in [5.41, 5.74) is 1.08. The molecule has 1 fully saturated rings. The Labute approximate surface area is 148 Å². The summed E-state index contributed by atoms with van der Waals surface area (Å²) in [4.78, 5) is 15.4. The number of hydrogen-bond donors (Lipinski definition) is 1. The van der Waals surface area contributed by atoms with Gasteiger partial charge in [-0.05, 0) is 31.0 Å². The highest BCUT2D eigenvalue weighted by Gasteiger charge is 2.13. The van der Waals surface area contributed by atoms with Gasteiger partial charge in [-0.3, -0.25) is 0 Å². The monoisotopic (exact) mass is 343 g/mol. The summed E-state index contributed by atoms with van der Waals surface area (Å²) in [6.07, 6.45) is 4.65. The van der Waals surface area contributed by atoms with Crippen molar-refractivity contribution >= 4 is 11.8 Å². The zero-order chi connectivity index (χ0) is 17.5. The van der Waals surface area contributed by atoms with Crippen LogP contribution in [0.25, 0.3) is 0 Å². The van der Waals surface area contributed by atoms with Gasteiger partial charge in [-0.25, -0.2) is 9.97 Å². The molecule has 0 saturated carbocycles. The molecule has 1 atom stereocenters. The molecule has 1 saturated heterocycles. The number of rotatable bonds is 7. The fourth-order valence-corrected chi connectivity index (χ4v) is 2.50. The molecule has 1 aliphatic rings. The van der Waals surface area contributed by atoms with E-state index < -0.39 is 0 Å². The predicted molar refractivity (Wildman–Crippen MR) is 97.0 cm³/mol. The standard InChI is InChI=1S/C18H25N5O2/c1-3-14(2)25-17-12-15(4-6-19-17)13-21-18-20-7-5-16(22-18)23-8-10-24-11-9-23/h4-7,12,14H,3,8-11,13H2,1-2H3,(H,20,21,22). The van der Waals surface area contributed by atoms with Gasteiger partial charge in [0.2, 0.25) is 11.8 Å². The molecule has 7 heteroatoms. The third-order valence-electron chi connectivity index (χ3n) is 4.12. The van der Waals surface area contributed by atoms with Crippen LogP contribution in [0.15, 0.2) is 30.6 Å². The van der Waals surface area contributed by atoms with Gasteiger partial charge in [0, 0.05) is 38.1 Å². The molecular formula is C18H25N5O2. The lowest BCUT2D eigenvalue weighted by atomic mass is 10.2. The van der Waals surface area contributed by atoms with Crippen molar-refractivity contribution in [3.05, 3.63) is 36.2 Å². The van der Waals surface area contributed by atoms with Crippen LogP contribution in [0, 0.1) is 0 Å². The van der Waals surface area contributed by atoms with Crippen LogP contribution in [0.2, 0.25) is 0 Å². The van der Waals surface area contributed by atoms with Gasteiger partial charge < -0.3 is 19.7 Å². The second-order valence-electron chi connectivity index (χ2n) is 6.03. The fourth-order valence-electron chi connectivity index (χ4n) is 2.50. The van der Waals surface area contributed by atoms with E-state index in [0.29, 0.717) is 18.4 Å². The first-order chi connectivity index (χ1) is 12.2. The first-order valence-corrected chi connectivity index (χ1v) is 8.76. The molecule has 25 heavy (non-hydrogen) atoms. The third kappa shape index (κ3) is 5.03. The normalized spacial score (nSPS) is 15.7. The maximum absolute atomic E-state index is 5.77. The molecule has 0 aromatic carbocycles. The number of aromatic nitrogens is 3. The van der Waals surface area contributed by atoms with Gasteiger partial charge in [-0.2, -0.15) is 4.98 Å². The van der Waals surface area contributed by atoms with Crippen molar-refractivity contribution in [3.8, 4) is 5.88 Å². The smallest absolute Gasteiger partial charge is 0.224 e. The lowest BCUT2D eigenvalue weighted by Crippen LogP contribution is -2.36. The van der Waals surface area contributed by atoms with Gasteiger partial charge in [0.05, 0.1) is 19.3 Å². The van der Waals surface area contributed by atoms with Gasteiger partial charge in [-0.1, -0.05) is 6.92 Å². The first-order valence-electron chi connectivity index (χ1n) is 8.76. The second-order valence-corrected chi connectivity index (χ2v) is 6.03. The third-order valence-corrected chi connectivity index (χ3v) is 4.12. The molecule has 1 N–H and O–H groups in total. The van der Waals surface area contributed by atoms with Crippen LogP contribution in [-0.4, -0.2) is 47.4 Å². The Morgan fingerprint density at radius 2 is 2.04 bits per heavy atom. The molecule has 134 valence electrons. The van der Waals surface area contributed by atoms with Crippen molar-refractivity contribution in [2.24, 2.45) is 0 Å². The van der Waals surface area contributed by atoms with Crippen molar-refractivity contribution in [2.75, 3.05) is 36.5 Å². The topological polar surface area (TPSA) is 72.4 Å². The number of ether oxygens (including phenoxy) is 2. The summed E-state index contributed by atoms with van der Waals surface area (Å²) in [5.74, 6) is 2.19. The maximum atomic E-state index is 5.77. The summed E-state index contributed by atoms with van der Waals surface area (Å²) >= 11 is 0. The average Bonchev–Trinajstić information content (AvgIpc) is 2.67. The minimum atomic E-state index is 0.157. The van der Waals surface area contributed by atoms with Crippen LogP contribution in [0.5, 0.6) is 5.88 Å². The molecule has 0 bridgehead atoms. The summed E-state index contributed by atoms with van der Waals surface area (Å²) in [5, 5.41) is 3.27. The minimum absolute atomic E-state index is 0.157. The van der Waals surface area contributed by atoms with Crippen LogP contribution < -0.4 is 15.0 Å². The Morgan fingerprint density at radius 1 is 1.24 bits per heavy atom. The van der Waals surface area contributed by atoms with Crippen LogP contribution >= 0.6 is 0 Å².